The van der Waals surface area contributed by atoms with Crippen LogP contribution in [0.15, 0.2) is 17.7 Å². The largest absolute Gasteiger partial charge is 0.502 e. The zero-order valence-electron chi connectivity index (χ0n) is 12.2. The molecule has 1 fully saturated rings. The van der Waals surface area contributed by atoms with Crippen molar-refractivity contribution >= 4 is 23.9 Å². The number of barbiturate groups is 1. The number of urea groups is 1. The van der Waals surface area contributed by atoms with Gasteiger partial charge in [0.15, 0.2) is 11.5 Å². The monoisotopic (exact) mass is 306 g/mol. The second-order valence-electron chi connectivity index (χ2n) is 4.46. The van der Waals surface area contributed by atoms with E-state index in [1.807, 2.05) is 5.32 Å². The summed E-state index contributed by atoms with van der Waals surface area (Å²) < 4.78 is 10.00. The molecule has 1 aromatic rings. The highest BCUT2D eigenvalue weighted by molar-refractivity contribution is 6.30. The van der Waals surface area contributed by atoms with Gasteiger partial charge in [-0.15, -0.1) is 0 Å². The van der Waals surface area contributed by atoms with Crippen LogP contribution in [0.2, 0.25) is 0 Å². The summed E-state index contributed by atoms with van der Waals surface area (Å²) in [6.45, 7) is 0. The van der Waals surface area contributed by atoms with Gasteiger partial charge in [0.2, 0.25) is 5.75 Å². The van der Waals surface area contributed by atoms with Crippen molar-refractivity contribution in [3.63, 3.8) is 0 Å². The summed E-state index contributed by atoms with van der Waals surface area (Å²) in [7, 11) is 3.97. The van der Waals surface area contributed by atoms with Crippen LogP contribution in [0.25, 0.3) is 6.08 Å². The molecule has 1 saturated heterocycles. The first-order valence-corrected chi connectivity index (χ1v) is 6.19. The molecule has 8 heteroatoms. The van der Waals surface area contributed by atoms with E-state index in [2.05, 4.69) is 0 Å². The van der Waals surface area contributed by atoms with E-state index >= 15 is 0 Å². The van der Waals surface area contributed by atoms with Crippen LogP contribution in [0.1, 0.15) is 5.56 Å². The second kappa shape index (κ2) is 5.76. The van der Waals surface area contributed by atoms with Gasteiger partial charge in [0.1, 0.15) is 5.57 Å². The fourth-order valence-electron chi connectivity index (χ4n) is 1.91. The van der Waals surface area contributed by atoms with E-state index in [9.17, 15) is 19.5 Å². The van der Waals surface area contributed by atoms with Crippen molar-refractivity contribution < 1.29 is 29.0 Å². The number of hydrogen-bond donors (Lipinski definition) is 2. The lowest BCUT2D eigenvalue weighted by Crippen LogP contribution is -2.52. The number of phenolic OH excluding ortho intramolecular Hbond substituents is 1. The summed E-state index contributed by atoms with van der Waals surface area (Å²) in [5.41, 5.74) is 0.185. The van der Waals surface area contributed by atoms with E-state index in [1.165, 1.54) is 39.5 Å². The number of benzene rings is 1. The lowest BCUT2D eigenvalue weighted by molar-refractivity contribution is -0.129. The van der Waals surface area contributed by atoms with E-state index < -0.39 is 17.8 Å². The van der Waals surface area contributed by atoms with Crippen molar-refractivity contribution in [3.8, 4) is 17.2 Å². The number of carbonyl (C=O) groups is 3. The molecule has 1 heterocycles. The third-order valence-corrected chi connectivity index (χ3v) is 3.12. The first-order valence-electron chi connectivity index (χ1n) is 6.19. The topological polar surface area (TPSA) is 105 Å². The normalized spacial score (nSPS) is 16.8. The number of ether oxygens (including phenoxy) is 2. The van der Waals surface area contributed by atoms with Gasteiger partial charge in [-0.2, -0.15) is 0 Å². The molecule has 116 valence electrons. The van der Waals surface area contributed by atoms with Gasteiger partial charge in [0, 0.05) is 7.05 Å². The molecule has 1 aromatic carbocycles. The number of methoxy groups -OCH3 is 2. The third kappa shape index (κ3) is 2.58. The Bertz CT molecular complexity index is 670. The summed E-state index contributed by atoms with van der Waals surface area (Å²) in [4.78, 5) is 35.9. The van der Waals surface area contributed by atoms with Gasteiger partial charge in [-0.25, -0.2) is 4.79 Å². The zero-order valence-corrected chi connectivity index (χ0v) is 12.2. The van der Waals surface area contributed by atoms with Crippen LogP contribution >= 0.6 is 0 Å². The van der Waals surface area contributed by atoms with Gasteiger partial charge in [-0.05, 0) is 23.8 Å². The molecule has 0 aromatic heterocycles. The predicted octanol–water partition coefficient (Wildman–Crippen LogP) is 0.501. The molecule has 0 radical (unpaired) electrons. The van der Waals surface area contributed by atoms with Crippen molar-refractivity contribution in [2.75, 3.05) is 21.3 Å². The molecule has 2 N–H and O–H groups in total. The van der Waals surface area contributed by atoms with Crippen molar-refractivity contribution in [1.29, 1.82) is 0 Å². The van der Waals surface area contributed by atoms with Gasteiger partial charge in [-0.1, -0.05) is 0 Å². The van der Waals surface area contributed by atoms with Crippen molar-refractivity contribution in [2.24, 2.45) is 0 Å². The summed E-state index contributed by atoms with van der Waals surface area (Å²) in [6, 6.07) is 2.08. The SMILES string of the molecule is COc1cc(/C=C2\C(=O)NC(=O)N(C)C2=O)cc(OC)c1O. The minimum Gasteiger partial charge on any atom is -0.502 e. The Morgan fingerprint density at radius 1 is 1.14 bits per heavy atom. The number of amides is 4. The summed E-state index contributed by atoms with van der Waals surface area (Å²) in [5.74, 6) is -1.46. The number of hydrogen-bond acceptors (Lipinski definition) is 6. The fourth-order valence-corrected chi connectivity index (χ4v) is 1.91. The van der Waals surface area contributed by atoms with E-state index in [-0.39, 0.29) is 22.8 Å². The first kappa shape index (κ1) is 15.4. The van der Waals surface area contributed by atoms with E-state index in [0.29, 0.717) is 5.56 Å². The minimum absolute atomic E-state index is 0.124. The molecule has 1 aliphatic heterocycles. The minimum atomic E-state index is -0.792. The van der Waals surface area contributed by atoms with Crippen LogP contribution in [0.3, 0.4) is 0 Å². The van der Waals surface area contributed by atoms with Gasteiger partial charge in [0.25, 0.3) is 11.8 Å². The predicted molar refractivity (Wildman–Crippen MR) is 75.5 cm³/mol. The number of nitrogens with zero attached hydrogens (tertiary/aromatic N) is 1. The summed E-state index contributed by atoms with van der Waals surface area (Å²) in [6.07, 6.45) is 1.28. The molecule has 0 saturated carbocycles. The average Bonchev–Trinajstić information content (AvgIpc) is 2.50. The van der Waals surface area contributed by atoms with Crippen LogP contribution in [0.4, 0.5) is 4.79 Å². The number of nitrogens with one attached hydrogen (secondary N) is 1. The Morgan fingerprint density at radius 2 is 1.68 bits per heavy atom. The Labute approximate surface area is 125 Å². The highest BCUT2D eigenvalue weighted by Crippen LogP contribution is 2.37. The third-order valence-electron chi connectivity index (χ3n) is 3.12. The summed E-state index contributed by atoms with van der Waals surface area (Å²) in [5, 5.41) is 11.9. The van der Waals surface area contributed by atoms with Crippen LogP contribution in [0.5, 0.6) is 17.2 Å². The molecule has 1 aliphatic rings. The molecule has 0 atom stereocenters. The van der Waals surface area contributed by atoms with E-state index in [4.69, 9.17) is 9.47 Å². The Kier molecular flexibility index (Phi) is 4.02. The molecule has 2 rings (SSSR count). The van der Waals surface area contributed by atoms with Crippen LogP contribution in [0, 0.1) is 0 Å². The number of imide groups is 2. The number of carbonyl (C=O) groups excluding carboxylic acids is 3. The molecule has 4 amide bonds. The van der Waals surface area contributed by atoms with Gasteiger partial charge in [-0.3, -0.25) is 19.8 Å². The van der Waals surface area contributed by atoms with Crippen LogP contribution < -0.4 is 14.8 Å². The van der Waals surface area contributed by atoms with Crippen LogP contribution in [-0.2, 0) is 9.59 Å². The number of rotatable bonds is 3. The van der Waals surface area contributed by atoms with Gasteiger partial charge < -0.3 is 14.6 Å². The quantitative estimate of drug-likeness (QED) is 0.622. The van der Waals surface area contributed by atoms with Crippen LogP contribution in [-0.4, -0.2) is 49.1 Å². The molecular formula is C14H14N2O6. The lowest BCUT2D eigenvalue weighted by Gasteiger charge is -2.22. The summed E-state index contributed by atoms with van der Waals surface area (Å²) >= 11 is 0. The van der Waals surface area contributed by atoms with E-state index in [1.54, 1.807) is 0 Å². The Morgan fingerprint density at radius 3 is 2.18 bits per heavy atom. The van der Waals surface area contributed by atoms with E-state index in [0.717, 1.165) is 4.90 Å². The smallest absolute Gasteiger partial charge is 0.331 e. The second-order valence-corrected chi connectivity index (χ2v) is 4.46. The van der Waals surface area contributed by atoms with Gasteiger partial charge >= 0.3 is 6.03 Å². The molecule has 0 spiro atoms. The van der Waals surface area contributed by atoms with Crippen molar-refractivity contribution in [1.82, 2.24) is 10.2 Å². The zero-order chi connectivity index (χ0) is 16.4. The molecule has 22 heavy (non-hydrogen) atoms. The van der Waals surface area contributed by atoms with Crippen molar-refractivity contribution in [3.05, 3.63) is 23.3 Å². The molecular weight excluding hydrogens is 292 g/mol. The maximum Gasteiger partial charge on any atom is 0.331 e. The Hall–Kier alpha value is -3.03. The molecule has 0 unspecified atom stereocenters. The molecule has 8 nitrogen and oxygen atoms in total. The van der Waals surface area contributed by atoms with Crippen molar-refractivity contribution in [2.45, 2.75) is 0 Å². The molecule has 0 aliphatic carbocycles. The van der Waals surface area contributed by atoms with Gasteiger partial charge in [0.05, 0.1) is 14.2 Å². The highest BCUT2D eigenvalue weighted by atomic mass is 16.5. The lowest BCUT2D eigenvalue weighted by atomic mass is 10.1. The fraction of sp³-hybridized carbons (Fsp3) is 0.214. The maximum atomic E-state index is 12.0. The standard InChI is InChI=1S/C14H14N2O6/c1-16-13(19)8(12(18)15-14(16)20)4-7-5-9(21-2)11(17)10(6-7)22-3/h4-6,17H,1-3H3,(H,15,18,20)/b8-4+. The average molecular weight is 306 g/mol. The highest BCUT2D eigenvalue weighted by Gasteiger charge is 2.33. The first-order chi connectivity index (χ1) is 10.4. The number of aromatic hydroxyl groups is 1. The maximum absolute atomic E-state index is 12.0. The number of phenols is 1. The number of likely N-dealkylation sites (N-methyl/N-ethyl adjacent to an activating group) is 1. The molecule has 0 bridgehead atoms. The Balaban J connectivity index is 2.50.